The molecule has 0 aromatic heterocycles. The molecule has 1 atom stereocenters. The predicted molar refractivity (Wildman–Crippen MR) is 96.0 cm³/mol. The van der Waals surface area contributed by atoms with Gasteiger partial charge in [0.2, 0.25) is 5.91 Å². The summed E-state index contributed by atoms with van der Waals surface area (Å²) in [4.78, 5) is 17.3. The Morgan fingerprint density at radius 1 is 1.29 bits per heavy atom. The van der Waals surface area contributed by atoms with Gasteiger partial charge in [-0.1, -0.05) is 24.3 Å². The van der Waals surface area contributed by atoms with Crippen LogP contribution in [0.4, 0.5) is 0 Å². The summed E-state index contributed by atoms with van der Waals surface area (Å²) in [7, 11) is 3.74. The monoisotopic (exact) mass is 330 g/mol. The number of nitrogens with zero attached hydrogens (tertiary/aromatic N) is 2. The molecule has 0 saturated carbocycles. The van der Waals surface area contributed by atoms with Crippen LogP contribution in [0.1, 0.15) is 24.0 Å². The molecule has 132 valence electrons. The van der Waals surface area contributed by atoms with Crippen molar-refractivity contribution in [2.45, 2.75) is 25.7 Å². The first-order valence-corrected chi connectivity index (χ1v) is 9.20. The molecule has 3 rings (SSSR count). The fourth-order valence-electron chi connectivity index (χ4n) is 4.25. The number of fused-ring (bicyclic) bond motifs is 1. The van der Waals surface area contributed by atoms with Gasteiger partial charge in [-0.05, 0) is 49.3 Å². The molecule has 0 bridgehead atoms. The van der Waals surface area contributed by atoms with Gasteiger partial charge in [0.05, 0.1) is 6.61 Å². The van der Waals surface area contributed by atoms with Gasteiger partial charge in [-0.2, -0.15) is 0 Å². The number of likely N-dealkylation sites (tertiary alicyclic amines) is 1. The van der Waals surface area contributed by atoms with Gasteiger partial charge >= 0.3 is 0 Å². The van der Waals surface area contributed by atoms with E-state index in [0.29, 0.717) is 11.8 Å². The van der Waals surface area contributed by atoms with Gasteiger partial charge in [-0.15, -0.1) is 0 Å². The third kappa shape index (κ3) is 4.17. The molecule has 1 aromatic carbocycles. The second-order valence-electron chi connectivity index (χ2n) is 7.39. The molecule has 1 amide bonds. The molecule has 1 fully saturated rings. The van der Waals surface area contributed by atoms with E-state index in [-0.39, 0.29) is 5.92 Å². The van der Waals surface area contributed by atoms with E-state index in [1.165, 1.54) is 24.0 Å². The van der Waals surface area contributed by atoms with E-state index >= 15 is 0 Å². The minimum atomic E-state index is 0.139. The molecule has 4 heteroatoms. The Kier molecular flexibility index (Phi) is 5.90. The third-order valence-electron chi connectivity index (χ3n) is 5.52. The van der Waals surface area contributed by atoms with Crippen LogP contribution in [0, 0.1) is 11.8 Å². The van der Waals surface area contributed by atoms with Crippen molar-refractivity contribution >= 4 is 5.91 Å². The van der Waals surface area contributed by atoms with Crippen molar-refractivity contribution in [1.29, 1.82) is 0 Å². The first-order valence-electron chi connectivity index (χ1n) is 9.20. The number of hydrogen-bond acceptors (Lipinski definition) is 3. The molecule has 1 aliphatic carbocycles. The van der Waals surface area contributed by atoms with Crippen molar-refractivity contribution < 1.29 is 9.53 Å². The molecule has 1 heterocycles. The highest BCUT2D eigenvalue weighted by Gasteiger charge is 2.30. The Morgan fingerprint density at radius 3 is 2.67 bits per heavy atom. The Bertz CT molecular complexity index is 535. The van der Waals surface area contributed by atoms with Crippen molar-refractivity contribution in [2.75, 3.05) is 46.9 Å². The normalized spacial score (nSPS) is 21.7. The SMILES string of the molecule is COCCN1CCC[C@@H](CN(C)C(=O)C2Cc3ccccc3C2)C1. The summed E-state index contributed by atoms with van der Waals surface area (Å²) in [6.45, 7) is 4.93. The Labute approximate surface area is 145 Å². The number of carbonyl (C=O) groups excluding carboxylic acids is 1. The van der Waals surface area contributed by atoms with E-state index in [9.17, 15) is 4.79 Å². The van der Waals surface area contributed by atoms with Gasteiger partial charge in [-0.25, -0.2) is 0 Å². The molecular formula is C20H30N2O2. The highest BCUT2D eigenvalue weighted by atomic mass is 16.5. The molecule has 24 heavy (non-hydrogen) atoms. The zero-order valence-electron chi connectivity index (χ0n) is 15.0. The summed E-state index contributed by atoms with van der Waals surface area (Å²) in [5.74, 6) is 1.05. The fourth-order valence-corrected chi connectivity index (χ4v) is 4.25. The van der Waals surface area contributed by atoms with Crippen molar-refractivity contribution in [1.82, 2.24) is 9.80 Å². The Morgan fingerprint density at radius 2 is 2.00 bits per heavy atom. The van der Waals surface area contributed by atoms with Gasteiger partial charge in [0.1, 0.15) is 0 Å². The van der Waals surface area contributed by atoms with Gasteiger partial charge in [0.15, 0.2) is 0 Å². The van der Waals surface area contributed by atoms with E-state index in [2.05, 4.69) is 29.2 Å². The lowest BCUT2D eigenvalue weighted by Gasteiger charge is -2.35. The lowest BCUT2D eigenvalue weighted by molar-refractivity contribution is -0.134. The number of hydrogen-bond donors (Lipinski definition) is 0. The second kappa shape index (κ2) is 8.13. The van der Waals surface area contributed by atoms with Crippen LogP contribution < -0.4 is 0 Å². The van der Waals surface area contributed by atoms with Crippen molar-refractivity contribution in [3.63, 3.8) is 0 Å². The summed E-state index contributed by atoms with van der Waals surface area (Å²) < 4.78 is 5.19. The molecule has 0 N–H and O–H groups in total. The molecule has 1 aromatic rings. The van der Waals surface area contributed by atoms with E-state index in [1.807, 2.05) is 11.9 Å². The standard InChI is InChI=1S/C20H30N2O2/c1-21(14-16-6-5-9-22(15-16)10-11-24-2)20(23)19-12-17-7-3-4-8-18(17)13-19/h3-4,7-8,16,19H,5-6,9-15H2,1-2H3/t16-/m0/s1. The fraction of sp³-hybridized carbons (Fsp3) is 0.650. The lowest BCUT2D eigenvalue weighted by atomic mass is 9.96. The second-order valence-corrected chi connectivity index (χ2v) is 7.39. The summed E-state index contributed by atoms with van der Waals surface area (Å²) in [5.41, 5.74) is 2.71. The molecule has 0 spiro atoms. The average molecular weight is 330 g/mol. The van der Waals surface area contributed by atoms with Crippen molar-refractivity contribution in [3.05, 3.63) is 35.4 Å². The summed E-state index contributed by atoms with van der Waals surface area (Å²) >= 11 is 0. The van der Waals surface area contributed by atoms with Crippen LogP contribution in [0.2, 0.25) is 0 Å². The highest BCUT2D eigenvalue weighted by Crippen LogP contribution is 2.28. The van der Waals surface area contributed by atoms with E-state index in [1.54, 1.807) is 7.11 Å². The zero-order chi connectivity index (χ0) is 16.9. The maximum absolute atomic E-state index is 12.8. The Balaban J connectivity index is 1.50. The minimum Gasteiger partial charge on any atom is -0.383 e. The minimum absolute atomic E-state index is 0.139. The van der Waals surface area contributed by atoms with Crippen LogP contribution in [0.3, 0.4) is 0 Å². The summed E-state index contributed by atoms with van der Waals surface area (Å²) in [5, 5.41) is 0. The number of rotatable bonds is 6. The largest absolute Gasteiger partial charge is 0.383 e. The molecule has 2 aliphatic rings. The Hall–Kier alpha value is -1.39. The molecule has 0 radical (unpaired) electrons. The van der Waals surface area contributed by atoms with Crippen LogP contribution in [-0.2, 0) is 22.4 Å². The van der Waals surface area contributed by atoms with E-state index < -0.39 is 0 Å². The first-order chi connectivity index (χ1) is 11.7. The van der Waals surface area contributed by atoms with Crippen LogP contribution in [-0.4, -0.2) is 62.7 Å². The topological polar surface area (TPSA) is 32.8 Å². The maximum atomic E-state index is 12.8. The van der Waals surface area contributed by atoms with E-state index in [0.717, 1.165) is 45.6 Å². The first kappa shape index (κ1) is 17.4. The number of benzene rings is 1. The quantitative estimate of drug-likeness (QED) is 0.802. The molecule has 4 nitrogen and oxygen atoms in total. The molecular weight excluding hydrogens is 300 g/mol. The number of carbonyl (C=O) groups is 1. The summed E-state index contributed by atoms with van der Waals surface area (Å²) in [6.07, 6.45) is 4.27. The number of amides is 1. The van der Waals surface area contributed by atoms with Gasteiger partial charge in [0.25, 0.3) is 0 Å². The van der Waals surface area contributed by atoms with E-state index in [4.69, 9.17) is 4.74 Å². The number of ether oxygens (including phenoxy) is 1. The molecule has 1 saturated heterocycles. The summed E-state index contributed by atoms with van der Waals surface area (Å²) in [6, 6.07) is 8.48. The smallest absolute Gasteiger partial charge is 0.226 e. The van der Waals surface area contributed by atoms with Crippen LogP contribution in [0.25, 0.3) is 0 Å². The molecule has 1 aliphatic heterocycles. The van der Waals surface area contributed by atoms with Crippen molar-refractivity contribution in [2.24, 2.45) is 11.8 Å². The van der Waals surface area contributed by atoms with Crippen molar-refractivity contribution in [3.8, 4) is 0 Å². The van der Waals surface area contributed by atoms with Gasteiger partial charge in [-0.3, -0.25) is 4.79 Å². The average Bonchev–Trinajstić information content (AvgIpc) is 3.03. The third-order valence-corrected chi connectivity index (χ3v) is 5.52. The van der Waals surface area contributed by atoms with Crippen LogP contribution in [0.5, 0.6) is 0 Å². The zero-order valence-corrected chi connectivity index (χ0v) is 15.0. The van der Waals surface area contributed by atoms with Gasteiger partial charge < -0.3 is 14.5 Å². The highest BCUT2D eigenvalue weighted by molar-refractivity contribution is 5.80. The maximum Gasteiger partial charge on any atom is 0.226 e. The van der Waals surface area contributed by atoms with Crippen LogP contribution >= 0.6 is 0 Å². The van der Waals surface area contributed by atoms with Crippen LogP contribution in [0.15, 0.2) is 24.3 Å². The number of methoxy groups -OCH3 is 1. The number of piperidine rings is 1. The molecule has 0 unspecified atom stereocenters. The lowest BCUT2D eigenvalue weighted by Crippen LogP contribution is -2.44. The predicted octanol–water partition coefficient (Wildman–Crippen LogP) is 2.22. The van der Waals surface area contributed by atoms with Gasteiger partial charge in [0, 0.05) is 39.7 Å².